The quantitative estimate of drug-likeness (QED) is 0.125. The van der Waals surface area contributed by atoms with Gasteiger partial charge in [0.25, 0.3) is 5.91 Å². The third-order valence-corrected chi connectivity index (χ3v) is 5.88. The SMILES string of the molecule is CNCCn1c(C(Cc2ccccc2)NC(=O)CCC(=O)NO)nc2cc(C(=O)NCC(=O)OC)ccc21. The van der Waals surface area contributed by atoms with Gasteiger partial charge in [0.05, 0.1) is 24.2 Å². The molecule has 1 atom stereocenters. The summed E-state index contributed by atoms with van der Waals surface area (Å²) in [6.07, 6.45) is 0.160. The van der Waals surface area contributed by atoms with Crippen molar-refractivity contribution in [1.82, 2.24) is 31.0 Å². The highest BCUT2D eigenvalue weighted by atomic mass is 16.5. The number of carbonyl (C=O) groups excluding carboxylic acids is 4. The molecule has 3 aromatic rings. The van der Waals surface area contributed by atoms with Gasteiger partial charge in [-0.25, -0.2) is 10.5 Å². The molecule has 0 aliphatic carbocycles. The van der Waals surface area contributed by atoms with Crippen LogP contribution in [-0.2, 0) is 32.1 Å². The van der Waals surface area contributed by atoms with E-state index < -0.39 is 23.8 Å². The minimum atomic E-state index is -0.654. The van der Waals surface area contributed by atoms with Gasteiger partial charge in [-0.1, -0.05) is 30.3 Å². The Labute approximate surface area is 219 Å². The molecule has 5 N–H and O–H groups in total. The van der Waals surface area contributed by atoms with E-state index in [2.05, 4.69) is 20.7 Å². The Morgan fingerprint density at radius 1 is 1.05 bits per heavy atom. The first-order valence-corrected chi connectivity index (χ1v) is 12.1. The van der Waals surface area contributed by atoms with Crippen LogP contribution in [0.25, 0.3) is 11.0 Å². The van der Waals surface area contributed by atoms with E-state index >= 15 is 0 Å². The van der Waals surface area contributed by atoms with E-state index in [0.29, 0.717) is 36.4 Å². The molecule has 0 saturated carbocycles. The highest BCUT2D eigenvalue weighted by molar-refractivity contribution is 5.98. The van der Waals surface area contributed by atoms with Crippen LogP contribution in [0.5, 0.6) is 0 Å². The van der Waals surface area contributed by atoms with Gasteiger partial charge in [0.1, 0.15) is 12.4 Å². The number of hydrogen-bond donors (Lipinski definition) is 5. The fourth-order valence-corrected chi connectivity index (χ4v) is 3.95. The Kier molecular flexibility index (Phi) is 10.3. The van der Waals surface area contributed by atoms with Gasteiger partial charge in [0.2, 0.25) is 11.8 Å². The molecule has 3 rings (SSSR count). The summed E-state index contributed by atoms with van der Waals surface area (Å²) in [6, 6.07) is 14.1. The van der Waals surface area contributed by atoms with E-state index in [9.17, 15) is 19.2 Å². The minimum absolute atomic E-state index is 0.112. The highest BCUT2D eigenvalue weighted by Gasteiger charge is 2.24. The third kappa shape index (κ3) is 7.60. The van der Waals surface area contributed by atoms with Crippen LogP contribution in [0.3, 0.4) is 0 Å². The first-order valence-electron chi connectivity index (χ1n) is 12.1. The summed E-state index contributed by atoms with van der Waals surface area (Å²) < 4.78 is 6.55. The lowest BCUT2D eigenvalue weighted by Gasteiger charge is -2.20. The second kappa shape index (κ2) is 13.9. The summed E-state index contributed by atoms with van der Waals surface area (Å²) in [4.78, 5) is 53.0. The Bertz CT molecular complexity index is 1280. The molecule has 0 bridgehead atoms. The summed E-state index contributed by atoms with van der Waals surface area (Å²) in [5, 5.41) is 17.3. The van der Waals surface area contributed by atoms with Crippen LogP contribution >= 0.6 is 0 Å². The Hall–Kier alpha value is -4.29. The minimum Gasteiger partial charge on any atom is -0.468 e. The molecular formula is C26H32N6O6. The summed E-state index contributed by atoms with van der Waals surface area (Å²) in [5.41, 5.74) is 4.14. The molecule has 12 heteroatoms. The van der Waals surface area contributed by atoms with E-state index in [0.717, 1.165) is 11.1 Å². The summed E-state index contributed by atoms with van der Waals surface area (Å²) >= 11 is 0. The number of esters is 1. The Balaban J connectivity index is 1.97. The summed E-state index contributed by atoms with van der Waals surface area (Å²) in [7, 11) is 3.07. The number of methoxy groups -OCH3 is 1. The average Bonchev–Trinajstić information content (AvgIpc) is 3.30. The lowest BCUT2D eigenvalue weighted by Crippen LogP contribution is -2.33. The van der Waals surface area contributed by atoms with Crippen molar-refractivity contribution in [3.63, 3.8) is 0 Å². The van der Waals surface area contributed by atoms with Gasteiger partial charge in [0, 0.05) is 31.5 Å². The van der Waals surface area contributed by atoms with E-state index in [1.165, 1.54) is 12.6 Å². The molecule has 38 heavy (non-hydrogen) atoms. The average molecular weight is 525 g/mol. The van der Waals surface area contributed by atoms with Crippen molar-refractivity contribution >= 4 is 34.7 Å². The van der Waals surface area contributed by atoms with Crippen molar-refractivity contribution in [2.45, 2.75) is 31.8 Å². The number of benzene rings is 2. The van der Waals surface area contributed by atoms with E-state index in [1.54, 1.807) is 18.2 Å². The number of aromatic nitrogens is 2. The fourth-order valence-electron chi connectivity index (χ4n) is 3.95. The summed E-state index contributed by atoms with van der Waals surface area (Å²) in [6.45, 7) is 0.918. The molecule has 0 saturated heterocycles. The largest absolute Gasteiger partial charge is 0.468 e. The molecule has 0 radical (unpaired) electrons. The van der Waals surface area contributed by atoms with Crippen molar-refractivity contribution in [3.8, 4) is 0 Å². The van der Waals surface area contributed by atoms with Crippen LogP contribution in [0, 0.1) is 0 Å². The maximum atomic E-state index is 12.8. The molecule has 3 amide bonds. The van der Waals surface area contributed by atoms with Gasteiger partial charge in [-0.05, 0) is 37.2 Å². The highest BCUT2D eigenvalue weighted by Crippen LogP contribution is 2.25. The van der Waals surface area contributed by atoms with Crippen molar-refractivity contribution in [2.24, 2.45) is 0 Å². The van der Waals surface area contributed by atoms with Crippen molar-refractivity contribution in [2.75, 3.05) is 27.2 Å². The van der Waals surface area contributed by atoms with Gasteiger partial charge >= 0.3 is 5.97 Å². The van der Waals surface area contributed by atoms with E-state index in [-0.39, 0.29) is 25.3 Å². The predicted octanol–water partition coefficient (Wildman–Crippen LogP) is 0.844. The first kappa shape index (κ1) is 28.3. The molecule has 1 aromatic heterocycles. The lowest BCUT2D eigenvalue weighted by molar-refractivity contribution is -0.139. The standard InChI is InChI=1S/C26H32N6O6/c1-27-12-13-32-21-9-8-18(26(36)28-16-24(35)38-2)15-19(21)30-25(32)20(14-17-6-4-3-5-7-17)29-22(33)10-11-23(34)31-37/h3-9,15,20,27,37H,10-14,16H2,1-2H3,(H,28,36)(H,29,33)(H,31,34). The van der Waals surface area contributed by atoms with E-state index in [4.69, 9.17) is 10.2 Å². The van der Waals surface area contributed by atoms with Gasteiger partial charge in [0.15, 0.2) is 0 Å². The molecule has 0 aliphatic heterocycles. The topological polar surface area (TPSA) is 164 Å². The number of likely N-dealkylation sites (N-methyl/N-ethyl adjacent to an activating group) is 1. The van der Waals surface area contributed by atoms with Crippen molar-refractivity contribution < 1.29 is 29.1 Å². The van der Waals surface area contributed by atoms with Crippen molar-refractivity contribution in [1.29, 1.82) is 0 Å². The lowest BCUT2D eigenvalue weighted by atomic mass is 10.0. The number of carbonyl (C=O) groups is 4. The number of rotatable bonds is 13. The van der Waals surface area contributed by atoms with Crippen LogP contribution in [-0.4, -0.2) is 65.7 Å². The molecule has 2 aromatic carbocycles. The number of imidazole rings is 1. The van der Waals surface area contributed by atoms with Crippen LogP contribution in [0.4, 0.5) is 0 Å². The van der Waals surface area contributed by atoms with E-state index in [1.807, 2.05) is 41.9 Å². The van der Waals surface area contributed by atoms with Crippen molar-refractivity contribution in [3.05, 3.63) is 65.5 Å². The predicted molar refractivity (Wildman–Crippen MR) is 138 cm³/mol. The summed E-state index contributed by atoms with van der Waals surface area (Å²) in [5.74, 6) is -1.44. The molecule has 0 aliphatic rings. The number of hydrogen-bond acceptors (Lipinski definition) is 8. The van der Waals surface area contributed by atoms with Crippen LogP contribution < -0.4 is 21.4 Å². The second-order valence-electron chi connectivity index (χ2n) is 8.53. The zero-order valence-corrected chi connectivity index (χ0v) is 21.3. The first-order chi connectivity index (χ1) is 18.4. The van der Waals surface area contributed by atoms with Crippen LogP contribution in [0.15, 0.2) is 48.5 Å². The maximum Gasteiger partial charge on any atom is 0.325 e. The molecule has 0 fully saturated rings. The number of amides is 3. The monoisotopic (exact) mass is 524 g/mol. The van der Waals surface area contributed by atoms with Gasteiger partial charge in [-0.3, -0.25) is 24.4 Å². The third-order valence-electron chi connectivity index (χ3n) is 5.88. The zero-order chi connectivity index (χ0) is 27.5. The van der Waals surface area contributed by atoms with Gasteiger partial charge < -0.3 is 25.3 Å². The van der Waals surface area contributed by atoms with Gasteiger partial charge in [-0.15, -0.1) is 0 Å². The Morgan fingerprint density at radius 2 is 1.79 bits per heavy atom. The number of ether oxygens (including phenoxy) is 1. The zero-order valence-electron chi connectivity index (χ0n) is 21.3. The molecule has 1 heterocycles. The number of nitrogens with one attached hydrogen (secondary N) is 4. The molecular weight excluding hydrogens is 492 g/mol. The second-order valence-corrected chi connectivity index (χ2v) is 8.53. The molecule has 202 valence electrons. The van der Waals surface area contributed by atoms with Crippen LogP contribution in [0.2, 0.25) is 0 Å². The normalized spacial score (nSPS) is 11.6. The molecule has 0 spiro atoms. The Morgan fingerprint density at radius 3 is 2.47 bits per heavy atom. The maximum absolute atomic E-state index is 12.8. The number of fused-ring (bicyclic) bond motifs is 1. The molecule has 12 nitrogen and oxygen atoms in total. The van der Waals surface area contributed by atoms with Gasteiger partial charge in [-0.2, -0.15) is 0 Å². The number of nitrogens with zero attached hydrogens (tertiary/aromatic N) is 2. The van der Waals surface area contributed by atoms with Crippen LogP contribution in [0.1, 0.15) is 40.6 Å². The fraction of sp³-hybridized carbons (Fsp3) is 0.346. The molecule has 1 unspecified atom stereocenters. The number of hydroxylamine groups is 1. The smallest absolute Gasteiger partial charge is 0.325 e.